The third-order valence-electron chi connectivity index (χ3n) is 3.71. The first kappa shape index (κ1) is 13.7. The summed E-state index contributed by atoms with van der Waals surface area (Å²) in [5.41, 5.74) is 12.9. The standard InChI is InChI=1S/C14H22N4O/c1-18-6-4-10(5-7-18)9-17-14(19)12-3-2-11(15)8-13(12)16/h2-3,8,10H,4-7,9,15-16H2,1H3,(H,17,19). The summed E-state index contributed by atoms with van der Waals surface area (Å²) in [6, 6.07) is 4.99. The maximum Gasteiger partial charge on any atom is 0.253 e. The van der Waals surface area contributed by atoms with Crippen LogP contribution in [0.25, 0.3) is 0 Å². The van der Waals surface area contributed by atoms with Gasteiger partial charge in [0.05, 0.1) is 5.56 Å². The lowest BCUT2D eigenvalue weighted by atomic mass is 9.97. The van der Waals surface area contributed by atoms with Crippen molar-refractivity contribution in [1.82, 2.24) is 10.2 Å². The molecular formula is C14H22N4O. The van der Waals surface area contributed by atoms with Crippen molar-refractivity contribution >= 4 is 17.3 Å². The highest BCUT2D eigenvalue weighted by Crippen LogP contribution is 2.17. The number of likely N-dealkylation sites (tertiary alicyclic amines) is 1. The first-order valence-corrected chi connectivity index (χ1v) is 6.68. The third kappa shape index (κ3) is 3.61. The zero-order valence-electron chi connectivity index (χ0n) is 11.4. The van der Waals surface area contributed by atoms with Crippen LogP contribution < -0.4 is 16.8 Å². The number of nitrogens with two attached hydrogens (primary N) is 2. The van der Waals surface area contributed by atoms with E-state index in [0.717, 1.165) is 32.5 Å². The Bertz CT molecular complexity index is 453. The Morgan fingerprint density at radius 2 is 2.05 bits per heavy atom. The largest absolute Gasteiger partial charge is 0.399 e. The Morgan fingerprint density at radius 1 is 1.37 bits per heavy atom. The minimum Gasteiger partial charge on any atom is -0.399 e. The Morgan fingerprint density at radius 3 is 2.68 bits per heavy atom. The van der Waals surface area contributed by atoms with Crippen LogP contribution in [0, 0.1) is 5.92 Å². The highest BCUT2D eigenvalue weighted by molar-refractivity contribution is 5.99. The van der Waals surface area contributed by atoms with E-state index in [2.05, 4.69) is 17.3 Å². The molecule has 5 nitrogen and oxygen atoms in total. The summed E-state index contributed by atoms with van der Waals surface area (Å²) >= 11 is 0. The van der Waals surface area contributed by atoms with Gasteiger partial charge in [-0.1, -0.05) is 0 Å². The number of nitrogens with zero attached hydrogens (tertiary/aromatic N) is 1. The van der Waals surface area contributed by atoms with Gasteiger partial charge in [0.25, 0.3) is 5.91 Å². The van der Waals surface area contributed by atoms with Gasteiger partial charge in [-0.3, -0.25) is 4.79 Å². The first-order chi connectivity index (χ1) is 9.06. The second kappa shape index (κ2) is 5.93. The van der Waals surface area contributed by atoms with Crippen LogP contribution in [0.5, 0.6) is 0 Å². The number of benzene rings is 1. The fraction of sp³-hybridized carbons (Fsp3) is 0.500. The van der Waals surface area contributed by atoms with Crippen molar-refractivity contribution in [3.63, 3.8) is 0 Å². The molecule has 104 valence electrons. The number of hydrogen-bond donors (Lipinski definition) is 3. The molecule has 0 bridgehead atoms. The summed E-state index contributed by atoms with van der Waals surface area (Å²) < 4.78 is 0. The second-order valence-corrected chi connectivity index (χ2v) is 5.30. The molecule has 0 spiro atoms. The maximum absolute atomic E-state index is 12.0. The molecule has 1 aromatic carbocycles. The van der Waals surface area contributed by atoms with E-state index in [9.17, 15) is 4.79 Å². The fourth-order valence-electron chi connectivity index (χ4n) is 2.39. The van der Waals surface area contributed by atoms with E-state index in [1.165, 1.54) is 0 Å². The molecule has 0 unspecified atom stereocenters. The number of rotatable bonds is 3. The first-order valence-electron chi connectivity index (χ1n) is 6.68. The minimum absolute atomic E-state index is 0.114. The molecule has 1 aliphatic rings. The van der Waals surface area contributed by atoms with Gasteiger partial charge in [0.15, 0.2) is 0 Å². The van der Waals surface area contributed by atoms with Crippen molar-refractivity contribution in [2.75, 3.05) is 38.1 Å². The van der Waals surface area contributed by atoms with E-state index in [0.29, 0.717) is 22.9 Å². The quantitative estimate of drug-likeness (QED) is 0.707. The molecule has 1 heterocycles. The SMILES string of the molecule is CN1CCC(CNC(=O)c2ccc(N)cc2N)CC1. The van der Waals surface area contributed by atoms with Crippen molar-refractivity contribution in [3.05, 3.63) is 23.8 Å². The predicted molar refractivity (Wildman–Crippen MR) is 77.8 cm³/mol. The second-order valence-electron chi connectivity index (χ2n) is 5.30. The van der Waals surface area contributed by atoms with Gasteiger partial charge in [0.1, 0.15) is 0 Å². The Balaban J connectivity index is 1.87. The third-order valence-corrected chi connectivity index (χ3v) is 3.71. The molecule has 1 aromatic rings. The minimum atomic E-state index is -0.114. The molecule has 0 atom stereocenters. The summed E-state index contributed by atoms with van der Waals surface area (Å²) in [6.07, 6.45) is 2.27. The van der Waals surface area contributed by atoms with Gasteiger partial charge in [-0.05, 0) is 57.1 Å². The van der Waals surface area contributed by atoms with Crippen LogP contribution in [0.4, 0.5) is 11.4 Å². The van der Waals surface area contributed by atoms with Crippen molar-refractivity contribution in [1.29, 1.82) is 0 Å². The number of hydrogen-bond acceptors (Lipinski definition) is 4. The number of piperidine rings is 1. The Hall–Kier alpha value is -1.75. The van der Waals surface area contributed by atoms with E-state index < -0.39 is 0 Å². The van der Waals surface area contributed by atoms with Gasteiger partial charge in [-0.2, -0.15) is 0 Å². The van der Waals surface area contributed by atoms with Gasteiger partial charge in [0, 0.05) is 17.9 Å². The molecule has 1 aliphatic heterocycles. The van der Waals surface area contributed by atoms with Crippen LogP contribution in [0.2, 0.25) is 0 Å². The van der Waals surface area contributed by atoms with Crippen LogP contribution in [-0.2, 0) is 0 Å². The fourth-order valence-corrected chi connectivity index (χ4v) is 2.39. The topological polar surface area (TPSA) is 84.4 Å². The molecule has 0 saturated carbocycles. The summed E-state index contributed by atoms with van der Waals surface area (Å²) in [5.74, 6) is 0.451. The summed E-state index contributed by atoms with van der Waals surface area (Å²) in [4.78, 5) is 14.4. The van der Waals surface area contributed by atoms with E-state index in [1.54, 1.807) is 18.2 Å². The summed E-state index contributed by atoms with van der Waals surface area (Å²) in [6.45, 7) is 2.92. The molecule has 1 fully saturated rings. The van der Waals surface area contributed by atoms with E-state index >= 15 is 0 Å². The monoisotopic (exact) mass is 262 g/mol. The number of anilines is 2. The highest BCUT2D eigenvalue weighted by atomic mass is 16.1. The molecular weight excluding hydrogens is 240 g/mol. The van der Waals surface area contributed by atoms with E-state index in [1.807, 2.05) is 0 Å². The van der Waals surface area contributed by atoms with Crippen LogP contribution in [0.1, 0.15) is 23.2 Å². The number of amides is 1. The molecule has 1 saturated heterocycles. The molecule has 19 heavy (non-hydrogen) atoms. The average Bonchev–Trinajstić information content (AvgIpc) is 2.37. The molecule has 1 amide bonds. The Kier molecular flexibility index (Phi) is 4.27. The summed E-state index contributed by atoms with van der Waals surface area (Å²) in [7, 11) is 2.13. The van der Waals surface area contributed by atoms with Gasteiger partial charge in [0.2, 0.25) is 0 Å². The van der Waals surface area contributed by atoms with Crippen molar-refractivity contribution in [2.45, 2.75) is 12.8 Å². The van der Waals surface area contributed by atoms with E-state index in [4.69, 9.17) is 11.5 Å². The van der Waals surface area contributed by atoms with Crippen LogP contribution in [0.15, 0.2) is 18.2 Å². The highest BCUT2D eigenvalue weighted by Gasteiger charge is 2.18. The van der Waals surface area contributed by atoms with Crippen molar-refractivity contribution < 1.29 is 4.79 Å². The van der Waals surface area contributed by atoms with Crippen LogP contribution >= 0.6 is 0 Å². The molecule has 5 heteroatoms. The van der Waals surface area contributed by atoms with Crippen LogP contribution in [-0.4, -0.2) is 37.5 Å². The lowest BCUT2D eigenvalue weighted by molar-refractivity contribution is 0.0940. The number of carbonyl (C=O) groups is 1. The number of nitrogens with one attached hydrogen (secondary N) is 1. The zero-order valence-corrected chi connectivity index (χ0v) is 11.4. The number of nitrogen functional groups attached to an aromatic ring is 2. The summed E-state index contributed by atoms with van der Waals surface area (Å²) in [5, 5.41) is 2.97. The number of carbonyl (C=O) groups excluding carboxylic acids is 1. The molecule has 2 rings (SSSR count). The van der Waals surface area contributed by atoms with Gasteiger partial charge < -0.3 is 21.7 Å². The maximum atomic E-state index is 12.0. The van der Waals surface area contributed by atoms with Gasteiger partial charge >= 0.3 is 0 Å². The van der Waals surface area contributed by atoms with Crippen LogP contribution in [0.3, 0.4) is 0 Å². The molecule has 0 aromatic heterocycles. The van der Waals surface area contributed by atoms with E-state index in [-0.39, 0.29) is 5.91 Å². The Labute approximate surface area is 113 Å². The zero-order chi connectivity index (χ0) is 13.8. The average molecular weight is 262 g/mol. The lowest BCUT2D eigenvalue weighted by Crippen LogP contribution is -2.37. The molecule has 5 N–H and O–H groups in total. The van der Waals surface area contributed by atoms with Gasteiger partial charge in [-0.15, -0.1) is 0 Å². The molecule has 0 radical (unpaired) electrons. The smallest absolute Gasteiger partial charge is 0.253 e. The van der Waals surface area contributed by atoms with Crippen molar-refractivity contribution in [3.8, 4) is 0 Å². The normalized spacial score (nSPS) is 17.3. The van der Waals surface area contributed by atoms with Crippen molar-refractivity contribution in [2.24, 2.45) is 5.92 Å². The molecule has 0 aliphatic carbocycles. The predicted octanol–water partition coefficient (Wildman–Crippen LogP) is 0.923. The lowest BCUT2D eigenvalue weighted by Gasteiger charge is -2.28. The van der Waals surface area contributed by atoms with Gasteiger partial charge in [-0.25, -0.2) is 0 Å².